The smallest absolute Gasteiger partial charge is 0.172 e. The zero-order valence-electron chi connectivity index (χ0n) is 21.5. The molecule has 0 aromatic heterocycles. The first-order chi connectivity index (χ1) is 17.4. The Hall–Kier alpha value is -3.79. The summed E-state index contributed by atoms with van der Waals surface area (Å²) in [6.45, 7) is 8.02. The Balaban J connectivity index is 1.98. The molecule has 0 bridgehead atoms. The van der Waals surface area contributed by atoms with Gasteiger partial charge in [0.25, 0.3) is 0 Å². The molecule has 3 rings (SSSR count). The van der Waals surface area contributed by atoms with E-state index >= 15 is 0 Å². The Labute approximate surface area is 214 Å². The van der Waals surface area contributed by atoms with Gasteiger partial charge in [-0.25, -0.2) is 0 Å². The van der Waals surface area contributed by atoms with Crippen molar-refractivity contribution < 1.29 is 9.84 Å². The molecular weight excluding hydrogens is 448 g/mol. The van der Waals surface area contributed by atoms with E-state index in [-0.39, 0.29) is 23.5 Å². The lowest BCUT2D eigenvalue weighted by atomic mass is 9.88. The van der Waals surface area contributed by atoms with E-state index in [1.807, 2.05) is 44.2 Å². The van der Waals surface area contributed by atoms with Gasteiger partial charge in [-0.2, -0.15) is 15.8 Å². The fourth-order valence-electron chi connectivity index (χ4n) is 4.77. The fourth-order valence-corrected chi connectivity index (χ4v) is 4.77. The number of anilines is 1. The van der Waals surface area contributed by atoms with E-state index in [0.29, 0.717) is 5.57 Å². The number of hydrogen-bond donors (Lipinski definition) is 1. The van der Waals surface area contributed by atoms with Crippen LogP contribution in [-0.2, 0) is 4.74 Å². The summed E-state index contributed by atoms with van der Waals surface area (Å²) in [6, 6.07) is 18.3. The molecule has 0 saturated carbocycles. The summed E-state index contributed by atoms with van der Waals surface area (Å²) in [6.07, 6.45) is 6.56. The number of rotatable bonds is 11. The van der Waals surface area contributed by atoms with Crippen molar-refractivity contribution in [1.82, 2.24) is 0 Å². The largest absolute Gasteiger partial charge is 0.480 e. The van der Waals surface area contributed by atoms with Crippen LogP contribution in [-0.4, -0.2) is 30.4 Å². The molecule has 1 aliphatic heterocycles. The summed E-state index contributed by atoms with van der Waals surface area (Å²) in [5, 5.41) is 39.9. The second-order valence-electron chi connectivity index (χ2n) is 9.63. The van der Waals surface area contributed by atoms with Crippen LogP contribution in [0.3, 0.4) is 0 Å². The first kappa shape index (κ1) is 26.8. The summed E-state index contributed by atoms with van der Waals surface area (Å²) in [7, 11) is 0. The molecule has 0 spiro atoms. The van der Waals surface area contributed by atoms with Gasteiger partial charge < -0.3 is 14.7 Å². The maximum Gasteiger partial charge on any atom is 0.172 e. The van der Waals surface area contributed by atoms with Crippen molar-refractivity contribution in [3.63, 3.8) is 0 Å². The Bertz CT molecular complexity index is 1270. The molecule has 0 unspecified atom stereocenters. The number of aliphatic hydroxyl groups excluding tert-OH is 1. The minimum Gasteiger partial charge on any atom is -0.480 e. The molecule has 0 fully saturated rings. The van der Waals surface area contributed by atoms with Gasteiger partial charge in [0.1, 0.15) is 29.4 Å². The van der Waals surface area contributed by atoms with Crippen molar-refractivity contribution in [3.8, 4) is 18.2 Å². The third kappa shape index (κ3) is 5.88. The summed E-state index contributed by atoms with van der Waals surface area (Å²) >= 11 is 0. The van der Waals surface area contributed by atoms with Crippen LogP contribution in [0.25, 0.3) is 16.3 Å². The zero-order chi connectivity index (χ0) is 26.1. The van der Waals surface area contributed by atoms with E-state index in [4.69, 9.17) is 4.74 Å². The molecule has 1 heterocycles. The number of nitriles is 3. The van der Waals surface area contributed by atoms with Gasteiger partial charge in [-0.3, -0.25) is 0 Å². The lowest BCUT2D eigenvalue weighted by Gasteiger charge is -2.26. The molecule has 6 heteroatoms. The number of unbranched alkanes of at least 4 members (excludes halogenated alkanes) is 4. The lowest BCUT2D eigenvalue weighted by molar-refractivity contribution is 0.109. The highest BCUT2D eigenvalue weighted by atomic mass is 16.5. The van der Waals surface area contributed by atoms with Crippen molar-refractivity contribution in [2.24, 2.45) is 0 Å². The van der Waals surface area contributed by atoms with Crippen molar-refractivity contribution >= 4 is 22.0 Å². The van der Waals surface area contributed by atoms with Gasteiger partial charge in [0.2, 0.25) is 0 Å². The molecule has 0 amide bonds. The van der Waals surface area contributed by atoms with Crippen molar-refractivity contribution in [3.05, 3.63) is 58.9 Å². The third-order valence-corrected chi connectivity index (χ3v) is 6.59. The maximum absolute atomic E-state index is 9.88. The molecule has 6 nitrogen and oxygen atoms in total. The average Bonchev–Trinajstić information content (AvgIpc) is 3.15. The molecule has 2 aromatic rings. The molecular formula is C30H34N4O2. The Morgan fingerprint density at radius 3 is 2.22 bits per heavy atom. The highest BCUT2D eigenvalue weighted by Crippen LogP contribution is 2.45. The predicted molar refractivity (Wildman–Crippen MR) is 143 cm³/mol. The maximum atomic E-state index is 9.88. The van der Waals surface area contributed by atoms with E-state index in [9.17, 15) is 20.9 Å². The summed E-state index contributed by atoms with van der Waals surface area (Å²) < 4.78 is 5.94. The second kappa shape index (κ2) is 12.3. The number of nitrogens with zero attached hydrogens (tertiary/aromatic N) is 4. The standard InChI is InChI=1S/C30H34N4O2/c1-4-5-6-7-14-34(15-8-9-16-35)26-13-12-22-17-24(11-10-23(22)18-26)28-27(21-33)29(25(19-31)20-32)36-30(28,2)3/h10-13,17-18,35H,4-9,14-16H2,1-3H3. The minimum absolute atomic E-state index is 0.0551. The van der Waals surface area contributed by atoms with E-state index in [0.717, 1.165) is 48.7 Å². The molecule has 0 saturated heterocycles. The molecule has 186 valence electrons. The minimum atomic E-state index is -0.852. The van der Waals surface area contributed by atoms with Crippen LogP contribution in [0.15, 0.2) is 53.3 Å². The first-order valence-corrected chi connectivity index (χ1v) is 12.7. The van der Waals surface area contributed by atoms with Crippen LogP contribution in [0, 0.1) is 34.0 Å². The van der Waals surface area contributed by atoms with Crippen LogP contribution in [0.1, 0.15) is 64.9 Å². The van der Waals surface area contributed by atoms with Crippen LogP contribution in [0.2, 0.25) is 0 Å². The van der Waals surface area contributed by atoms with Crippen LogP contribution in [0.4, 0.5) is 5.69 Å². The van der Waals surface area contributed by atoms with E-state index in [1.54, 1.807) is 0 Å². The van der Waals surface area contributed by atoms with Gasteiger partial charge >= 0.3 is 0 Å². The third-order valence-electron chi connectivity index (χ3n) is 6.59. The Morgan fingerprint density at radius 1 is 0.917 bits per heavy atom. The average molecular weight is 483 g/mol. The van der Waals surface area contributed by atoms with Crippen LogP contribution >= 0.6 is 0 Å². The molecule has 36 heavy (non-hydrogen) atoms. The second-order valence-corrected chi connectivity index (χ2v) is 9.63. The first-order valence-electron chi connectivity index (χ1n) is 12.7. The van der Waals surface area contributed by atoms with Gasteiger partial charge in [0.05, 0.1) is 0 Å². The Kier molecular flexibility index (Phi) is 9.13. The van der Waals surface area contributed by atoms with Crippen LogP contribution < -0.4 is 4.90 Å². The summed E-state index contributed by atoms with van der Waals surface area (Å²) in [5.41, 5.74) is 1.87. The summed E-state index contributed by atoms with van der Waals surface area (Å²) in [4.78, 5) is 2.41. The molecule has 0 aliphatic carbocycles. The normalized spacial score (nSPS) is 14.2. The highest BCUT2D eigenvalue weighted by molar-refractivity contribution is 5.92. The van der Waals surface area contributed by atoms with Crippen molar-refractivity contribution in [2.45, 2.75) is 64.9 Å². The molecule has 1 N–H and O–H groups in total. The number of allylic oxidation sites excluding steroid dienone is 2. The lowest BCUT2D eigenvalue weighted by Crippen LogP contribution is -2.25. The fraction of sp³-hybridized carbons (Fsp3) is 0.433. The molecule has 2 aromatic carbocycles. The number of benzene rings is 2. The van der Waals surface area contributed by atoms with Crippen LogP contribution in [0.5, 0.6) is 0 Å². The molecule has 1 aliphatic rings. The Morgan fingerprint density at radius 2 is 1.58 bits per heavy atom. The van der Waals surface area contributed by atoms with Gasteiger partial charge in [0, 0.05) is 31.0 Å². The monoisotopic (exact) mass is 482 g/mol. The van der Waals surface area contributed by atoms with E-state index in [2.05, 4.69) is 36.1 Å². The topological polar surface area (TPSA) is 104 Å². The van der Waals surface area contributed by atoms with Gasteiger partial charge in [0.15, 0.2) is 11.3 Å². The highest BCUT2D eigenvalue weighted by Gasteiger charge is 2.40. The van der Waals surface area contributed by atoms with E-state index < -0.39 is 5.60 Å². The van der Waals surface area contributed by atoms with Gasteiger partial charge in [-0.1, -0.05) is 44.4 Å². The van der Waals surface area contributed by atoms with Crippen molar-refractivity contribution in [2.75, 3.05) is 24.6 Å². The molecule has 0 radical (unpaired) electrons. The summed E-state index contributed by atoms with van der Waals surface area (Å²) in [5.74, 6) is 0.0551. The van der Waals surface area contributed by atoms with Crippen molar-refractivity contribution in [1.29, 1.82) is 15.8 Å². The zero-order valence-corrected chi connectivity index (χ0v) is 21.5. The SMILES string of the molecule is CCCCCCN(CCCCO)c1ccc2cc(C3=C(C#N)C(=C(C#N)C#N)OC3(C)C)ccc2c1. The van der Waals surface area contributed by atoms with E-state index in [1.165, 1.54) is 24.9 Å². The predicted octanol–water partition coefficient (Wildman–Crippen LogP) is 6.39. The molecule has 0 atom stereocenters. The van der Waals surface area contributed by atoms with Gasteiger partial charge in [-0.15, -0.1) is 0 Å². The number of aliphatic hydroxyl groups is 1. The number of hydrogen-bond acceptors (Lipinski definition) is 6. The quantitative estimate of drug-likeness (QED) is 0.294. The number of ether oxygens (including phenoxy) is 1. The number of fused-ring (bicyclic) bond motifs is 1. The van der Waals surface area contributed by atoms with Gasteiger partial charge in [-0.05, 0) is 67.6 Å².